The molecule has 0 amide bonds. The van der Waals surface area contributed by atoms with E-state index in [4.69, 9.17) is 17.3 Å². The van der Waals surface area contributed by atoms with Crippen molar-refractivity contribution in [3.63, 3.8) is 0 Å². The van der Waals surface area contributed by atoms with Gasteiger partial charge in [-0.05, 0) is 47.8 Å². The smallest absolute Gasteiger partial charge is 0.244 e. The highest BCUT2D eigenvalue weighted by molar-refractivity contribution is 9.10. The molecule has 0 aliphatic carbocycles. The van der Waals surface area contributed by atoms with Crippen LogP contribution in [0.1, 0.15) is 26.2 Å². The SMILES string of the molecule is CC(N)C1CCCCN1S(=O)(=O)c1cccc(Br)c1Cl.Cl. The van der Waals surface area contributed by atoms with E-state index in [9.17, 15) is 8.42 Å². The van der Waals surface area contributed by atoms with Gasteiger partial charge in [0.15, 0.2) is 0 Å². The second-order valence-corrected chi connectivity index (χ2v) is 8.18. The van der Waals surface area contributed by atoms with Gasteiger partial charge in [0.2, 0.25) is 10.0 Å². The number of nitrogens with zero attached hydrogens (tertiary/aromatic N) is 1. The van der Waals surface area contributed by atoms with E-state index < -0.39 is 10.0 Å². The van der Waals surface area contributed by atoms with Crippen LogP contribution in [0, 0.1) is 0 Å². The summed E-state index contributed by atoms with van der Waals surface area (Å²) in [6.07, 6.45) is 2.65. The quantitative estimate of drug-likeness (QED) is 0.819. The third kappa shape index (κ3) is 3.92. The number of halogens is 3. The number of benzene rings is 1. The monoisotopic (exact) mass is 416 g/mol. The van der Waals surface area contributed by atoms with E-state index in [1.807, 2.05) is 6.92 Å². The standard InChI is InChI=1S/C13H18BrClN2O2S.ClH/c1-9(16)11-6-2-3-8-17(11)20(18,19)12-7-4-5-10(14)13(12)15;/h4-5,7,9,11H,2-3,6,8,16H2,1H3;1H. The first kappa shape index (κ1) is 19.2. The van der Waals surface area contributed by atoms with Crippen molar-refractivity contribution in [2.45, 2.75) is 43.2 Å². The zero-order valence-electron chi connectivity index (χ0n) is 11.6. The van der Waals surface area contributed by atoms with E-state index in [0.29, 0.717) is 11.0 Å². The van der Waals surface area contributed by atoms with Gasteiger partial charge in [-0.2, -0.15) is 4.31 Å². The molecule has 1 aromatic rings. The molecule has 0 bridgehead atoms. The molecule has 2 atom stereocenters. The normalized spacial score (nSPS) is 21.6. The number of rotatable bonds is 3. The molecule has 21 heavy (non-hydrogen) atoms. The first-order chi connectivity index (χ1) is 9.35. The maximum atomic E-state index is 12.8. The number of piperidine rings is 1. The van der Waals surface area contributed by atoms with Gasteiger partial charge in [-0.1, -0.05) is 24.1 Å². The molecular formula is C13H19BrCl2N2O2S. The summed E-state index contributed by atoms with van der Waals surface area (Å²) in [5.41, 5.74) is 5.95. The Morgan fingerprint density at radius 1 is 1.43 bits per heavy atom. The first-order valence-corrected chi connectivity index (χ1v) is 9.18. The fourth-order valence-electron chi connectivity index (χ4n) is 2.56. The zero-order valence-corrected chi connectivity index (χ0v) is 15.6. The minimum Gasteiger partial charge on any atom is -0.326 e. The van der Waals surface area contributed by atoms with Gasteiger partial charge in [0.1, 0.15) is 4.90 Å². The molecule has 8 heteroatoms. The Bertz CT molecular complexity index is 596. The summed E-state index contributed by atoms with van der Waals surface area (Å²) in [4.78, 5) is 0.140. The van der Waals surface area contributed by atoms with Gasteiger partial charge in [0, 0.05) is 23.1 Å². The van der Waals surface area contributed by atoms with Gasteiger partial charge < -0.3 is 5.73 Å². The van der Waals surface area contributed by atoms with Gasteiger partial charge in [0.05, 0.1) is 5.02 Å². The predicted molar refractivity (Wildman–Crippen MR) is 91.6 cm³/mol. The van der Waals surface area contributed by atoms with Crippen LogP contribution in [0.3, 0.4) is 0 Å². The minimum absolute atomic E-state index is 0. The van der Waals surface area contributed by atoms with Crippen LogP contribution in [0.5, 0.6) is 0 Å². The number of hydrogen-bond donors (Lipinski definition) is 1. The number of hydrogen-bond acceptors (Lipinski definition) is 3. The number of sulfonamides is 1. The molecule has 1 saturated heterocycles. The highest BCUT2D eigenvalue weighted by Crippen LogP contribution is 2.34. The van der Waals surface area contributed by atoms with Crippen LogP contribution in [0.2, 0.25) is 5.02 Å². The molecule has 1 heterocycles. The van der Waals surface area contributed by atoms with Crippen molar-refractivity contribution in [3.8, 4) is 0 Å². The lowest BCUT2D eigenvalue weighted by molar-refractivity contribution is 0.227. The molecule has 2 rings (SSSR count). The number of nitrogens with two attached hydrogens (primary N) is 1. The van der Waals surface area contributed by atoms with Crippen molar-refractivity contribution in [2.24, 2.45) is 5.73 Å². The van der Waals surface area contributed by atoms with Crippen LogP contribution in [0.4, 0.5) is 0 Å². The van der Waals surface area contributed by atoms with Gasteiger partial charge in [-0.25, -0.2) is 8.42 Å². The molecule has 0 saturated carbocycles. The summed E-state index contributed by atoms with van der Waals surface area (Å²) in [5.74, 6) is 0. The summed E-state index contributed by atoms with van der Waals surface area (Å²) < 4.78 is 27.8. The van der Waals surface area contributed by atoms with E-state index in [0.717, 1.165) is 19.3 Å². The topological polar surface area (TPSA) is 63.4 Å². The van der Waals surface area contributed by atoms with Crippen LogP contribution in [0.25, 0.3) is 0 Å². The van der Waals surface area contributed by atoms with E-state index in [1.54, 1.807) is 12.1 Å². The largest absolute Gasteiger partial charge is 0.326 e. The Balaban J connectivity index is 0.00000220. The van der Waals surface area contributed by atoms with Gasteiger partial charge in [0.25, 0.3) is 0 Å². The summed E-state index contributed by atoms with van der Waals surface area (Å²) in [6, 6.07) is 4.57. The highest BCUT2D eigenvalue weighted by Gasteiger charge is 2.36. The second-order valence-electron chi connectivity index (χ2n) is 5.09. The van der Waals surface area contributed by atoms with E-state index in [-0.39, 0.29) is 34.4 Å². The van der Waals surface area contributed by atoms with Crippen molar-refractivity contribution < 1.29 is 8.42 Å². The maximum absolute atomic E-state index is 12.8. The van der Waals surface area contributed by atoms with Crippen molar-refractivity contribution >= 4 is 50.0 Å². The predicted octanol–water partition coefficient (Wildman–Crippen LogP) is 3.41. The summed E-state index contributed by atoms with van der Waals surface area (Å²) >= 11 is 9.41. The Hall–Kier alpha value is 0.150. The van der Waals surface area contributed by atoms with Gasteiger partial charge in [-0.3, -0.25) is 0 Å². The van der Waals surface area contributed by atoms with Crippen molar-refractivity contribution in [2.75, 3.05) is 6.54 Å². The van der Waals surface area contributed by atoms with Crippen molar-refractivity contribution in [1.29, 1.82) is 0 Å². The molecule has 120 valence electrons. The average Bonchev–Trinajstić information content (AvgIpc) is 2.41. The summed E-state index contributed by atoms with van der Waals surface area (Å²) in [6.45, 7) is 2.35. The highest BCUT2D eigenvalue weighted by atomic mass is 79.9. The zero-order chi connectivity index (χ0) is 14.9. The van der Waals surface area contributed by atoms with Crippen LogP contribution in [-0.2, 0) is 10.0 Å². The first-order valence-electron chi connectivity index (χ1n) is 6.57. The Labute approximate surface area is 145 Å². The third-order valence-corrected chi connectivity index (χ3v) is 6.98. The van der Waals surface area contributed by atoms with Crippen LogP contribution >= 0.6 is 39.9 Å². The lowest BCUT2D eigenvalue weighted by atomic mass is 10.00. The lowest BCUT2D eigenvalue weighted by Gasteiger charge is -2.37. The molecule has 1 fully saturated rings. The van der Waals surface area contributed by atoms with Crippen molar-refractivity contribution in [3.05, 3.63) is 27.7 Å². The van der Waals surface area contributed by atoms with Crippen LogP contribution in [0.15, 0.2) is 27.6 Å². The van der Waals surface area contributed by atoms with E-state index >= 15 is 0 Å². The molecule has 0 aromatic heterocycles. The third-order valence-electron chi connectivity index (χ3n) is 3.61. The average molecular weight is 418 g/mol. The van der Waals surface area contributed by atoms with Gasteiger partial charge in [-0.15, -0.1) is 12.4 Å². The molecule has 1 aromatic carbocycles. The van der Waals surface area contributed by atoms with Crippen LogP contribution < -0.4 is 5.73 Å². The molecule has 0 spiro atoms. The fraction of sp³-hybridized carbons (Fsp3) is 0.538. The fourth-order valence-corrected chi connectivity index (χ4v) is 5.34. The van der Waals surface area contributed by atoms with E-state index in [1.165, 1.54) is 10.4 Å². The Morgan fingerprint density at radius 2 is 2.10 bits per heavy atom. The molecule has 2 N–H and O–H groups in total. The van der Waals surface area contributed by atoms with Crippen molar-refractivity contribution in [1.82, 2.24) is 4.31 Å². The molecule has 2 unspecified atom stereocenters. The summed E-state index contributed by atoms with van der Waals surface area (Å²) in [7, 11) is -3.62. The second kappa shape index (κ2) is 7.62. The molecule has 4 nitrogen and oxygen atoms in total. The molecule has 1 aliphatic heterocycles. The van der Waals surface area contributed by atoms with Crippen LogP contribution in [-0.4, -0.2) is 31.4 Å². The minimum atomic E-state index is -3.62. The van der Waals surface area contributed by atoms with E-state index in [2.05, 4.69) is 15.9 Å². The summed E-state index contributed by atoms with van der Waals surface area (Å²) in [5, 5.41) is 0.224. The Morgan fingerprint density at radius 3 is 2.71 bits per heavy atom. The molecule has 1 aliphatic rings. The Kier molecular flexibility index (Phi) is 6.96. The molecular weight excluding hydrogens is 399 g/mol. The lowest BCUT2D eigenvalue weighted by Crippen LogP contribution is -2.51. The maximum Gasteiger partial charge on any atom is 0.244 e. The van der Waals surface area contributed by atoms with Gasteiger partial charge >= 0.3 is 0 Å². The molecule has 0 radical (unpaired) electrons.